The maximum atomic E-state index is 12.1. The Labute approximate surface area is 99.9 Å². The lowest BCUT2D eigenvalue weighted by Gasteiger charge is -2.19. The van der Waals surface area contributed by atoms with Crippen LogP contribution in [0.4, 0.5) is 5.69 Å². The van der Waals surface area contributed by atoms with Crippen LogP contribution in [0.1, 0.15) is 0 Å². The molecule has 92 valence electrons. The number of benzene rings is 1. The van der Waals surface area contributed by atoms with E-state index in [1.54, 1.807) is 7.05 Å². The van der Waals surface area contributed by atoms with Crippen LogP contribution < -0.4 is 27.2 Å². The topological polar surface area (TPSA) is 91.2 Å². The zero-order valence-corrected chi connectivity index (χ0v) is 9.60. The number of para-hydroxylation sites is 1. The molecule has 0 aliphatic carbocycles. The second-order valence-corrected chi connectivity index (χ2v) is 3.96. The van der Waals surface area contributed by atoms with Crippen molar-refractivity contribution in [2.45, 2.75) is 12.3 Å². The molecule has 1 aliphatic rings. The zero-order valence-electron chi connectivity index (χ0n) is 9.60. The minimum Gasteiger partial charge on any atom is -0.326 e. The van der Waals surface area contributed by atoms with E-state index >= 15 is 0 Å². The Kier molecular flexibility index (Phi) is 3.70. The highest BCUT2D eigenvalue weighted by Crippen LogP contribution is 2.13. The fraction of sp³-hybridized carbons (Fsp3) is 0.364. The van der Waals surface area contributed by atoms with Crippen molar-refractivity contribution < 1.29 is 4.79 Å². The largest absolute Gasteiger partial charge is 0.326 e. The monoisotopic (exact) mass is 235 g/mol. The molecule has 17 heavy (non-hydrogen) atoms. The fourth-order valence-corrected chi connectivity index (χ4v) is 1.89. The van der Waals surface area contributed by atoms with E-state index in [1.165, 1.54) is 0 Å². The Bertz CT molecular complexity index is 383. The molecule has 0 radical (unpaired) electrons. The van der Waals surface area contributed by atoms with Gasteiger partial charge in [0.1, 0.15) is 0 Å². The third-order valence-electron chi connectivity index (χ3n) is 2.81. The van der Waals surface area contributed by atoms with E-state index < -0.39 is 6.17 Å². The Morgan fingerprint density at radius 3 is 2.65 bits per heavy atom. The highest BCUT2D eigenvalue weighted by atomic mass is 16.2. The van der Waals surface area contributed by atoms with E-state index in [4.69, 9.17) is 5.73 Å². The molecule has 1 saturated heterocycles. The Balaban J connectivity index is 2.04. The van der Waals surface area contributed by atoms with Gasteiger partial charge < -0.3 is 16.4 Å². The first-order valence-corrected chi connectivity index (χ1v) is 5.52. The van der Waals surface area contributed by atoms with Crippen LogP contribution >= 0.6 is 0 Å². The smallest absolute Gasteiger partial charge is 0.233 e. The van der Waals surface area contributed by atoms with E-state index in [2.05, 4.69) is 21.5 Å². The van der Waals surface area contributed by atoms with Gasteiger partial charge >= 0.3 is 0 Å². The van der Waals surface area contributed by atoms with Crippen molar-refractivity contribution in [2.24, 2.45) is 11.7 Å². The van der Waals surface area contributed by atoms with E-state index in [1.807, 2.05) is 30.3 Å². The fourth-order valence-electron chi connectivity index (χ4n) is 1.89. The predicted molar refractivity (Wildman–Crippen MR) is 65.7 cm³/mol. The van der Waals surface area contributed by atoms with Gasteiger partial charge in [-0.15, -0.1) is 0 Å². The summed E-state index contributed by atoms with van der Waals surface area (Å²) in [7, 11) is 1.78. The summed E-state index contributed by atoms with van der Waals surface area (Å²) in [5, 5.41) is 5.84. The number of rotatable bonds is 3. The molecule has 1 aromatic carbocycles. The normalized spacial score (nSPS) is 28.0. The molecule has 6 nitrogen and oxygen atoms in total. The standard InChI is InChI=1S/C11H17N5O/c1-13-10-8(9(12)15-16-10)11(17)14-7-5-3-2-4-6-7/h2-6,8-10,13,15-16H,12H2,1H3,(H,14,17). The third-order valence-corrected chi connectivity index (χ3v) is 2.81. The molecule has 0 saturated carbocycles. The second kappa shape index (κ2) is 5.24. The molecular weight excluding hydrogens is 218 g/mol. The van der Waals surface area contributed by atoms with Gasteiger partial charge in [0.05, 0.1) is 18.2 Å². The lowest BCUT2D eigenvalue weighted by Crippen LogP contribution is -2.47. The highest BCUT2D eigenvalue weighted by molar-refractivity contribution is 5.93. The van der Waals surface area contributed by atoms with Crippen LogP contribution in [0.15, 0.2) is 30.3 Å². The molecule has 6 N–H and O–H groups in total. The summed E-state index contributed by atoms with van der Waals surface area (Å²) in [5.41, 5.74) is 12.4. The average Bonchev–Trinajstić information content (AvgIpc) is 2.71. The molecule has 3 unspecified atom stereocenters. The maximum absolute atomic E-state index is 12.1. The van der Waals surface area contributed by atoms with Crippen molar-refractivity contribution in [1.29, 1.82) is 0 Å². The van der Waals surface area contributed by atoms with Crippen molar-refractivity contribution >= 4 is 11.6 Å². The Morgan fingerprint density at radius 1 is 1.29 bits per heavy atom. The van der Waals surface area contributed by atoms with Crippen LogP contribution in [0, 0.1) is 5.92 Å². The van der Waals surface area contributed by atoms with Crippen molar-refractivity contribution in [3.63, 3.8) is 0 Å². The second-order valence-electron chi connectivity index (χ2n) is 3.96. The quantitative estimate of drug-likeness (QED) is 0.472. The number of hydrazine groups is 1. The summed E-state index contributed by atoms with van der Waals surface area (Å²) in [5.74, 6) is -0.472. The van der Waals surface area contributed by atoms with Crippen molar-refractivity contribution in [2.75, 3.05) is 12.4 Å². The number of hydrogen-bond acceptors (Lipinski definition) is 5. The van der Waals surface area contributed by atoms with Gasteiger partial charge in [-0.3, -0.25) is 4.79 Å². The first-order valence-electron chi connectivity index (χ1n) is 5.52. The van der Waals surface area contributed by atoms with Gasteiger partial charge in [0.25, 0.3) is 0 Å². The number of hydrogen-bond donors (Lipinski definition) is 5. The molecule has 0 spiro atoms. The minimum absolute atomic E-state index is 0.111. The van der Waals surface area contributed by atoms with Crippen LogP contribution in [0.5, 0.6) is 0 Å². The summed E-state index contributed by atoms with van der Waals surface area (Å²) < 4.78 is 0. The molecular formula is C11H17N5O. The number of anilines is 1. The average molecular weight is 235 g/mol. The Morgan fingerprint density at radius 2 is 2.00 bits per heavy atom. The van der Waals surface area contributed by atoms with E-state index in [0.29, 0.717) is 0 Å². The van der Waals surface area contributed by atoms with Crippen LogP contribution in [0.25, 0.3) is 0 Å². The molecule has 1 aromatic rings. The summed E-state index contributed by atoms with van der Waals surface area (Å²) in [4.78, 5) is 12.1. The van der Waals surface area contributed by atoms with E-state index in [9.17, 15) is 4.79 Å². The van der Waals surface area contributed by atoms with Gasteiger partial charge in [0.2, 0.25) is 5.91 Å². The van der Waals surface area contributed by atoms with E-state index in [0.717, 1.165) is 5.69 Å². The lowest BCUT2D eigenvalue weighted by atomic mass is 10.0. The summed E-state index contributed by atoms with van der Waals surface area (Å²) in [6.07, 6.45) is -0.579. The lowest BCUT2D eigenvalue weighted by molar-refractivity contribution is -0.120. The van der Waals surface area contributed by atoms with Crippen LogP contribution in [0.2, 0.25) is 0 Å². The number of nitrogens with two attached hydrogens (primary N) is 1. The van der Waals surface area contributed by atoms with Gasteiger partial charge in [0.15, 0.2) is 0 Å². The summed E-state index contributed by atoms with van der Waals surface area (Å²) in [6, 6.07) is 9.32. The maximum Gasteiger partial charge on any atom is 0.233 e. The molecule has 1 amide bonds. The molecule has 1 aliphatic heterocycles. The SMILES string of the molecule is CNC1NNC(N)C1C(=O)Nc1ccccc1. The number of carbonyl (C=O) groups excluding carboxylic acids is 1. The van der Waals surface area contributed by atoms with Crippen molar-refractivity contribution in [3.8, 4) is 0 Å². The molecule has 3 atom stereocenters. The van der Waals surface area contributed by atoms with Crippen LogP contribution in [0.3, 0.4) is 0 Å². The zero-order chi connectivity index (χ0) is 12.3. The summed E-state index contributed by atoms with van der Waals surface area (Å²) >= 11 is 0. The van der Waals surface area contributed by atoms with E-state index in [-0.39, 0.29) is 18.0 Å². The minimum atomic E-state index is -0.406. The Hall–Kier alpha value is -1.47. The summed E-state index contributed by atoms with van der Waals surface area (Å²) in [6.45, 7) is 0. The van der Waals surface area contributed by atoms with Gasteiger partial charge in [-0.1, -0.05) is 18.2 Å². The van der Waals surface area contributed by atoms with Gasteiger partial charge in [-0.25, -0.2) is 10.9 Å². The van der Waals surface area contributed by atoms with Crippen LogP contribution in [-0.2, 0) is 4.79 Å². The third kappa shape index (κ3) is 2.62. The number of carbonyl (C=O) groups is 1. The molecule has 2 rings (SSSR count). The first-order chi connectivity index (χ1) is 8.22. The highest BCUT2D eigenvalue weighted by Gasteiger charge is 2.38. The molecule has 6 heteroatoms. The first kappa shape index (κ1) is 12.0. The molecule has 1 fully saturated rings. The van der Waals surface area contributed by atoms with Gasteiger partial charge in [-0.2, -0.15) is 0 Å². The van der Waals surface area contributed by atoms with Gasteiger partial charge in [-0.05, 0) is 19.2 Å². The molecule has 1 heterocycles. The van der Waals surface area contributed by atoms with Crippen molar-refractivity contribution in [1.82, 2.24) is 16.2 Å². The number of amides is 1. The number of nitrogens with one attached hydrogen (secondary N) is 4. The molecule has 0 bridgehead atoms. The van der Waals surface area contributed by atoms with Gasteiger partial charge in [0, 0.05) is 5.69 Å². The molecule has 0 aromatic heterocycles. The van der Waals surface area contributed by atoms with Crippen LogP contribution in [-0.4, -0.2) is 25.3 Å². The van der Waals surface area contributed by atoms with Crippen molar-refractivity contribution in [3.05, 3.63) is 30.3 Å². The predicted octanol–water partition coefficient (Wildman–Crippen LogP) is -0.821.